The van der Waals surface area contributed by atoms with Crippen LogP contribution in [0.25, 0.3) is 0 Å². The average Bonchev–Trinajstić information content (AvgIpc) is 3.27. The summed E-state index contributed by atoms with van der Waals surface area (Å²) in [7, 11) is 0. The minimum Gasteiger partial charge on any atom is -0.493 e. The SMILES string of the molecule is CC(C(=O)O)C(c1cccc(OCC2CC(O)C2)c1)C1CC1. The summed E-state index contributed by atoms with van der Waals surface area (Å²) in [5.41, 5.74) is 1.07. The highest BCUT2D eigenvalue weighted by Gasteiger charge is 2.38. The highest BCUT2D eigenvalue weighted by Crippen LogP contribution is 2.47. The minimum atomic E-state index is -0.730. The van der Waals surface area contributed by atoms with Gasteiger partial charge in [-0.3, -0.25) is 4.79 Å². The first-order valence-electron chi connectivity index (χ1n) is 8.18. The smallest absolute Gasteiger partial charge is 0.306 e. The summed E-state index contributed by atoms with van der Waals surface area (Å²) in [6.07, 6.45) is 3.72. The Morgan fingerprint density at radius 3 is 2.68 bits per heavy atom. The first-order valence-corrected chi connectivity index (χ1v) is 8.18. The van der Waals surface area contributed by atoms with Gasteiger partial charge in [-0.15, -0.1) is 0 Å². The van der Waals surface area contributed by atoms with Gasteiger partial charge in [0.1, 0.15) is 5.75 Å². The molecule has 2 unspecified atom stereocenters. The van der Waals surface area contributed by atoms with E-state index in [4.69, 9.17) is 4.74 Å². The van der Waals surface area contributed by atoms with Gasteiger partial charge in [0.25, 0.3) is 0 Å². The van der Waals surface area contributed by atoms with Gasteiger partial charge in [0.05, 0.1) is 18.6 Å². The molecule has 2 N–H and O–H groups in total. The van der Waals surface area contributed by atoms with E-state index >= 15 is 0 Å². The topological polar surface area (TPSA) is 66.8 Å². The van der Waals surface area contributed by atoms with Gasteiger partial charge in [-0.25, -0.2) is 0 Å². The molecule has 0 aliphatic heterocycles. The molecule has 0 spiro atoms. The van der Waals surface area contributed by atoms with Crippen LogP contribution in [0.5, 0.6) is 5.75 Å². The number of carboxylic acids is 1. The molecule has 1 aromatic carbocycles. The van der Waals surface area contributed by atoms with Crippen LogP contribution in [0.15, 0.2) is 24.3 Å². The Balaban J connectivity index is 1.67. The zero-order chi connectivity index (χ0) is 15.7. The van der Waals surface area contributed by atoms with E-state index in [-0.39, 0.29) is 17.9 Å². The molecule has 1 aromatic rings. The van der Waals surface area contributed by atoms with Crippen molar-refractivity contribution in [2.24, 2.45) is 17.8 Å². The van der Waals surface area contributed by atoms with Crippen LogP contribution in [0.3, 0.4) is 0 Å². The first-order chi connectivity index (χ1) is 10.5. The molecular weight excluding hydrogens is 280 g/mol. The quantitative estimate of drug-likeness (QED) is 0.812. The average molecular weight is 304 g/mol. The van der Waals surface area contributed by atoms with Crippen molar-refractivity contribution in [3.63, 3.8) is 0 Å². The molecule has 4 nitrogen and oxygen atoms in total. The van der Waals surface area contributed by atoms with Gasteiger partial charge in [0, 0.05) is 0 Å². The molecule has 2 aliphatic carbocycles. The lowest BCUT2D eigenvalue weighted by molar-refractivity contribution is -0.142. The summed E-state index contributed by atoms with van der Waals surface area (Å²) in [6, 6.07) is 7.89. The number of ether oxygens (including phenoxy) is 1. The van der Waals surface area contributed by atoms with Crippen molar-refractivity contribution in [2.75, 3.05) is 6.61 Å². The molecule has 2 atom stereocenters. The third-order valence-corrected chi connectivity index (χ3v) is 5.00. The van der Waals surface area contributed by atoms with Gasteiger partial charge in [-0.1, -0.05) is 19.1 Å². The molecule has 2 aliphatic rings. The molecule has 0 amide bonds. The number of hydrogen-bond donors (Lipinski definition) is 2. The minimum absolute atomic E-state index is 0.0755. The zero-order valence-corrected chi connectivity index (χ0v) is 12.9. The van der Waals surface area contributed by atoms with E-state index in [0.717, 1.165) is 37.0 Å². The number of aliphatic hydroxyl groups is 1. The standard InChI is InChI=1S/C18H24O4/c1-11(18(20)21)17(13-5-6-13)14-3-2-4-16(9-14)22-10-12-7-15(19)8-12/h2-4,9,11-13,15,17,19H,5-8,10H2,1H3,(H,20,21). The van der Waals surface area contributed by atoms with Crippen molar-refractivity contribution < 1.29 is 19.7 Å². The van der Waals surface area contributed by atoms with E-state index in [0.29, 0.717) is 18.4 Å². The molecule has 0 radical (unpaired) electrons. The lowest BCUT2D eigenvalue weighted by Crippen LogP contribution is -2.32. The number of hydrogen-bond acceptors (Lipinski definition) is 3. The molecule has 3 rings (SSSR count). The van der Waals surface area contributed by atoms with Crippen molar-refractivity contribution in [1.82, 2.24) is 0 Å². The van der Waals surface area contributed by atoms with Gasteiger partial charge >= 0.3 is 5.97 Å². The molecule has 2 saturated carbocycles. The number of benzene rings is 1. The fourth-order valence-corrected chi connectivity index (χ4v) is 3.44. The Morgan fingerprint density at radius 1 is 1.36 bits per heavy atom. The second-order valence-corrected chi connectivity index (χ2v) is 6.86. The number of carboxylic acid groups (broad SMARTS) is 1. The molecule has 2 fully saturated rings. The third-order valence-electron chi connectivity index (χ3n) is 5.00. The molecule has 120 valence electrons. The molecule has 0 saturated heterocycles. The fraction of sp³-hybridized carbons (Fsp3) is 0.611. The van der Waals surface area contributed by atoms with Crippen molar-refractivity contribution >= 4 is 5.97 Å². The van der Waals surface area contributed by atoms with Gasteiger partial charge in [-0.2, -0.15) is 0 Å². The predicted molar refractivity (Wildman–Crippen MR) is 82.9 cm³/mol. The molecule has 0 heterocycles. The van der Waals surface area contributed by atoms with Crippen LogP contribution < -0.4 is 4.74 Å². The lowest BCUT2D eigenvalue weighted by Gasteiger charge is -2.31. The van der Waals surface area contributed by atoms with E-state index in [1.807, 2.05) is 24.3 Å². The number of rotatable bonds is 7. The summed E-state index contributed by atoms with van der Waals surface area (Å²) >= 11 is 0. The van der Waals surface area contributed by atoms with Crippen LogP contribution >= 0.6 is 0 Å². The van der Waals surface area contributed by atoms with Crippen molar-refractivity contribution in [2.45, 2.75) is 44.6 Å². The Labute approximate surface area is 131 Å². The van der Waals surface area contributed by atoms with Crippen molar-refractivity contribution in [1.29, 1.82) is 0 Å². The Morgan fingerprint density at radius 2 is 2.09 bits per heavy atom. The highest BCUT2D eigenvalue weighted by atomic mass is 16.5. The number of aliphatic hydroxyl groups excluding tert-OH is 1. The van der Waals surface area contributed by atoms with Gasteiger partial charge in [-0.05, 0) is 61.1 Å². The third kappa shape index (κ3) is 3.43. The van der Waals surface area contributed by atoms with E-state index in [1.165, 1.54) is 0 Å². The van der Waals surface area contributed by atoms with Crippen LogP contribution in [-0.2, 0) is 4.79 Å². The molecule has 0 aromatic heterocycles. The largest absolute Gasteiger partial charge is 0.493 e. The number of aliphatic carboxylic acids is 1. The number of carbonyl (C=O) groups is 1. The highest BCUT2D eigenvalue weighted by molar-refractivity contribution is 5.71. The second kappa shape index (κ2) is 6.29. The van der Waals surface area contributed by atoms with Gasteiger partial charge in [0.15, 0.2) is 0 Å². The molecule has 22 heavy (non-hydrogen) atoms. The lowest BCUT2D eigenvalue weighted by atomic mass is 9.83. The maximum atomic E-state index is 11.4. The van der Waals surface area contributed by atoms with Crippen LogP contribution in [0, 0.1) is 17.8 Å². The zero-order valence-electron chi connectivity index (χ0n) is 12.9. The molecular formula is C18H24O4. The maximum absolute atomic E-state index is 11.4. The van der Waals surface area contributed by atoms with E-state index in [9.17, 15) is 15.0 Å². The second-order valence-electron chi connectivity index (χ2n) is 6.86. The summed E-state index contributed by atoms with van der Waals surface area (Å²) in [5, 5.41) is 18.6. The van der Waals surface area contributed by atoms with E-state index < -0.39 is 5.97 Å². The normalized spacial score (nSPS) is 26.8. The Bertz CT molecular complexity index is 532. The van der Waals surface area contributed by atoms with Crippen LogP contribution in [0.1, 0.15) is 44.1 Å². The monoisotopic (exact) mass is 304 g/mol. The van der Waals surface area contributed by atoms with Crippen LogP contribution in [-0.4, -0.2) is 28.9 Å². The Hall–Kier alpha value is -1.55. The molecule has 4 heteroatoms. The van der Waals surface area contributed by atoms with Crippen LogP contribution in [0.2, 0.25) is 0 Å². The van der Waals surface area contributed by atoms with Gasteiger partial charge < -0.3 is 14.9 Å². The van der Waals surface area contributed by atoms with E-state index in [2.05, 4.69) is 0 Å². The van der Waals surface area contributed by atoms with Gasteiger partial charge in [0.2, 0.25) is 0 Å². The Kier molecular flexibility index (Phi) is 4.39. The maximum Gasteiger partial charge on any atom is 0.306 e. The summed E-state index contributed by atoms with van der Waals surface area (Å²) in [4.78, 5) is 11.4. The van der Waals surface area contributed by atoms with Crippen molar-refractivity contribution in [3.8, 4) is 5.75 Å². The summed E-state index contributed by atoms with van der Waals surface area (Å²) < 4.78 is 5.83. The summed E-state index contributed by atoms with van der Waals surface area (Å²) in [5.74, 6) is 0.712. The first kappa shape index (κ1) is 15.3. The van der Waals surface area contributed by atoms with E-state index in [1.54, 1.807) is 6.92 Å². The predicted octanol–water partition coefficient (Wildman–Crippen LogP) is 3.05. The van der Waals surface area contributed by atoms with Crippen LogP contribution in [0.4, 0.5) is 0 Å². The fourth-order valence-electron chi connectivity index (χ4n) is 3.44. The van der Waals surface area contributed by atoms with Crippen molar-refractivity contribution in [3.05, 3.63) is 29.8 Å². The molecule has 0 bridgehead atoms. The summed E-state index contributed by atoms with van der Waals surface area (Å²) in [6.45, 7) is 2.43.